The number of benzene rings is 1. The predicted octanol–water partition coefficient (Wildman–Crippen LogP) is 3.03. The highest BCUT2D eigenvalue weighted by molar-refractivity contribution is 8.13. The maximum Gasteiger partial charge on any atom is 0.389 e. The second-order valence-corrected chi connectivity index (χ2v) is 6.53. The first-order valence-corrected chi connectivity index (χ1v) is 7.83. The van der Waals surface area contributed by atoms with Crippen LogP contribution in [-0.4, -0.2) is 32.3 Å². The first-order valence-electron chi connectivity index (χ1n) is 5.52. The van der Waals surface area contributed by atoms with Crippen LogP contribution in [0.15, 0.2) is 23.1 Å². The van der Waals surface area contributed by atoms with Gasteiger partial charge in [-0.3, -0.25) is 0 Å². The number of alkyl halides is 3. The SMILES string of the molecule is O=C(O)c1cc(S(=O)(=O)Cl)ccc1OCCCC(F)(F)F. The molecule has 0 aliphatic carbocycles. The van der Waals surface area contributed by atoms with E-state index >= 15 is 0 Å². The monoisotopic (exact) mass is 346 g/mol. The lowest BCUT2D eigenvalue weighted by Crippen LogP contribution is -2.11. The van der Waals surface area contributed by atoms with E-state index in [1.807, 2.05) is 0 Å². The van der Waals surface area contributed by atoms with Gasteiger partial charge >= 0.3 is 12.1 Å². The molecule has 21 heavy (non-hydrogen) atoms. The third kappa shape index (κ3) is 5.80. The molecular weight excluding hydrogens is 337 g/mol. The molecule has 0 radical (unpaired) electrons. The Labute approximate surface area is 122 Å². The zero-order chi connectivity index (χ0) is 16.3. The molecule has 1 aromatic carbocycles. The second kappa shape index (κ2) is 6.52. The van der Waals surface area contributed by atoms with Gasteiger partial charge in [0.2, 0.25) is 0 Å². The van der Waals surface area contributed by atoms with Crippen molar-refractivity contribution in [2.75, 3.05) is 6.61 Å². The molecule has 0 amide bonds. The molecule has 0 fully saturated rings. The Kier molecular flexibility index (Phi) is 5.46. The first kappa shape index (κ1) is 17.6. The van der Waals surface area contributed by atoms with Gasteiger partial charge in [0.25, 0.3) is 9.05 Å². The van der Waals surface area contributed by atoms with Gasteiger partial charge in [0.1, 0.15) is 11.3 Å². The second-order valence-electron chi connectivity index (χ2n) is 3.97. The molecule has 0 bridgehead atoms. The van der Waals surface area contributed by atoms with Crippen molar-refractivity contribution in [1.29, 1.82) is 0 Å². The number of carboxylic acids is 1. The molecule has 0 saturated carbocycles. The van der Waals surface area contributed by atoms with Crippen LogP contribution in [0.3, 0.4) is 0 Å². The largest absolute Gasteiger partial charge is 0.493 e. The molecule has 0 heterocycles. The quantitative estimate of drug-likeness (QED) is 0.632. The summed E-state index contributed by atoms with van der Waals surface area (Å²) in [4.78, 5) is 10.6. The van der Waals surface area contributed by atoms with E-state index in [4.69, 9.17) is 20.5 Å². The molecule has 0 aromatic heterocycles. The van der Waals surface area contributed by atoms with Crippen LogP contribution in [0.1, 0.15) is 23.2 Å². The highest BCUT2D eigenvalue weighted by atomic mass is 35.7. The normalized spacial score (nSPS) is 12.2. The van der Waals surface area contributed by atoms with Crippen LogP contribution in [0, 0.1) is 0 Å². The van der Waals surface area contributed by atoms with Gasteiger partial charge in [-0.1, -0.05) is 0 Å². The van der Waals surface area contributed by atoms with Gasteiger partial charge in [0.05, 0.1) is 11.5 Å². The molecule has 1 rings (SSSR count). The van der Waals surface area contributed by atoms with E-state index in [0.717, 1.165) is 18.2 Å². The van der Waals surface area contributed by atoms with E-state index in [9.17, 15) is 26.4 Å². The van der Waals surface area contributed by atoms with Gasteiger partial charge < -0.3 is 9.84 Å². The van der Waals surface area contributed by atoms with Crippen molar-refractivity contribution in [1.82, 2.24) is 0 Å². The summed E-state index contributed by atoms with van der Waals surface area (Å²) in [6.07, 6.45) is -5.74. The van der Waals surface area contributed by atoms with Gasteiger partial charge in [0, 0.05) is 17.1 Å². The fourth-order valence-corrected chi connectivity index (χ4v) is 2.19. The summed E-state index contributed by atoms with van der Waals surface area (Å²) in [5, 5.41) is 8.94. The van der Waals surface area contributed by atoms with Crippen LogP contribution >= 0.6 is 10.7 Å². The van der Waals surface area contributed by atoms with Crippen LogP contribution in [0.5, 0.6) is 5.75 Å². The van der Waals surface area contributed by atoms with Crippen molar-refractivity contribution < 1.29 is 36.2 Å². The Hall–Kier alpha value is -1.48. The van der Waals surface area contributed by atoms with Gasteiger partial charge in [-0.25, -0.2) is 13.2 Å². The summed E-state index contributed by atoms with van der Waals surface area (Å²) in [6, 6.07) is 2.82. The average molecular weight is 347 g/mol. The molecule has 0 spiro atoms. The number of carboxylic acid groups (broad SMARTS) is 1. The molecule has 118 valence electrons. The van der Waals surface area contributed by atoms with Crippen LogP contribution in [0.25, 0.3) is 0 Å². The van der Waals surface area contributed by atoms with Crippen LogP contribution in [-0.2, 0) is 9.05 Å². The molecule has 0 aliphatic heterocycles. The highest BCUT2D eigenvalue weighted by Crippen LogP contribution is 2.26. The molecule has 10 heteroatoms. The van der Waals surface area contributed by atoms with Crippen molar-refractivity contribution in [2.24, 2.45) is 0 Å². The van der Waals surface area contributed by atoms with E-state index in [1.54, 1.807) is 0 Å². The molecule has 1 N–H and O–H groups in total. The maximum absolute atomic E-state index is 11.9. The van der Waals surface area contributed by atoms with E-state index in [-0.39, 0.29) is 18.8 Å². The molecular formula is C11H10ClF3O5S. The fraction of sp³-hybridized carbons (Fsp3) is 0.364. The number of halogens is 4. The molecule has 1 aromatic rings. The van der Waals surface area contributed by atoms with E-state index in [1.165, 1.54) is 0 Å². The van der Waals surface area contributed by atoms with Gasteiger partial charge in [-0.05, 0) is 24.6 Å². The van der Waals surface area contributed by atoms with Crippen molar-refractivity contribution >= 4 is 25.7 Å². The Balaban J connectivity index is 2.86. The summed E-state index contributed by atoms with van der Waals surface area (Å²) in [6.45, 7) is -0.354. The lowest BCUT2D eigenvalue weighted by atomic mass is 10.2. The number of hydrogen-bond acceptors (Lipinski definition) is 4. The predicted molar refractivity (Wildman–Crippen MR) is 67.2 cm³/mol. The summed E-state index contributed by atoms with van der Waals surface area (Å²) < 4.78 is 63.0. The average Bonchev–Trinajstić information content (AvgIpc) is 2.32. The molecule has 0 aliphatic rings. The zero-order valence-electron chi connectivity index (χ0n) is 10.4. The first-order chi connectivity index (χ1) is 9.50. The number of hydrogen-bond donors (Lipinski definition) is 1. The lowest BCUT2D eigenvalue weighted by molar-refractivity contribution is -0.136. The van der Waals surface area contributed by atoms with E-state index < -0.39 is 38.1 Å². The molecule has 0 unspecified atom stereocenters. The third-order valence-electron chi connectivity index (χ3n) is 2.33. The maximum atomic E-state index is 11.9. The smallest absolute Gasteiger partial charge is 0.389 e. The van der Waals surface area contributed by atoms with Crippen molar-refractivity contribution in [3.63, 3.8) is 0 Å². The molecule has 5 nitrogen and oxygen atoms in total. The van der Waals surface area contributed by atoms with Crippen molar-refractivity contribution in [3.8, 4) is 5.75 Å². The van der Waals surface area contributed by atoms with Gasteiger partial charge in [-0.15, -0.1) is 0 Å². The topological polar surface area (TPSA) is 80.7 Å². The number of aromatic carboxylic acids is 1. The summed E-state index contributed by atoms with van der Waals surface area (Å²) in [7, 11) is 0.962. The number of carbonyl (C=O) groups is 1. The fourth-order valence-electron chi connectivity index (χ4n) is 1.41. The Morgan fingerprint density at radius 2 is 1.95 bits per heavy atom. The van der Waals surface area contributed by atoms with Gasteiger partial charge in [-0.2, -0.15) is 13.2 Å². The minimum absolute atomic E-state index is 0.228. The van der Waals surface area contributed by atoms with Gasteiger partial charge in [0.15, 0.2) is 0 Å². The lowest BCUT2D eigenvalue weighted by Gasteiger charge is -2.11. The van der Waals surface area contributed by atoms with Crippen LogP contribution < -0.4 is 4.74 Å². The minimum Gasteiger partial charge on any atom is -0.493 e. The Morgan fingerprint density at radius 1 is 1.33 bits per heavy atom. The van der Waals surface area contributed by atoms with E-state index in [0.29, 0.717) is 0 Å². The summed E-state index contributed by atoms with van der Waals surface area (Å²) in [5.74, 6) is -1.71. The Morgan fingerprint density at radius 3 is 2.43 bits per heavy atom. The van der Waals surface area contributed by atoms with Crippen LogP contribution in [0.4, 0.5) is 13.2 Å². The van der Waals surface area contributed by atoms with E-state index in [2.05, 4.69) is 0 Å². The third-order valence-corrected chi connectivity index (χ3v) is 3.68. The number of rotatable bonds is 6. The standard InChI is InChI=1S/C11H10ClF3O5S/c12-21(18,19)7-2-3-9(8(6-7)10(16)17)20-5-1-4-11(13,14)15/h2-3,6H,1,4-5H2,(H,16,17). The number of ether oxygens (including phenoxy) is 1. The summed E-state index contributed by atoms with van der Waals surface area (Å²) in [5.41, 5.74) is -0.497. The highest BCUT2D eigenvalue weighted by Gasteiger charge is 2.26. The minimum atomic E-state index is -4.32. The van der Waals surface area contributed by atoms with Crippen molar-refractivity contribution in [3.05, 3.63) is 23.8 Å². The van der Waals surface area contributed by atoms with Crippen molar-refractivity contribution in [2.45, 2.75) is 23.9 Å². The zero-order valence-corrected chi connectivity index (χ0v) is 11.9. The summed E-state index contributed by atoms with van der Waals surface area (Å²) >= 11 is 0. The molecule has 0 saturated heterocycles. The van der Waals surface area contributed by atoms with Crippen LogP contribution in [0.2, 0.25) is 0 Å². The molecule has 0 atom stereocenters. The Bertz CT molecular complexity index is 627.